The predicted octanol–water partition coefficient (Wildman–Crippen LogP) is 3.14. The van der Waals surface area contributed by atoms with Gasteiger partial charge in [-0.25, -0.2) is 0 Å². The van der Waals surface area contributed by atoms with E-state index >= 15 is 0 Å². The van der Waals surface area contributed by atoms with Crippen LogP contribution < -0.4 is 5.32 Å². The molecule has 1 amide bonds. The second kappa shape index (κ2) is 8.23. The minimum atomic E-state index is -0.548. The van der Waals surface area contributed by atoms with Crippen molar-refractivity contribution in [3.8, 4) is 0 Å². The van der Waals surface area contributed by atoms with Crippen molar-refractivity contribution in [2.24, 2.45) is 0 Å². The molecule has 0 bridgehead atoms. The summed E-state index contributed by atoms with van der Waals surface area (Å²) in [6.07, 6.45) is 8.62. The molecular weight excluding hydrogens is 342 g/mol. The monoisotopic (exact) mass is 369 g/mol. The zero-order chi connectivity index (χ0) is 18.5. The molecule has 2 fully saturated rings. The van der Waals surface area contributed by atoms with Gasteiger partial charge in [0.2, 0.25) is 5.91 Å². The minimum Gasteiger partial charge on any atom is -0.381 e. The Bertz CT molecular complexity index is 747. The third kappa shape index (κ3) is 4.06. The van der Waals surface area contributed by atoms with Gasteiger partial charge in [-0.15, -0.1) is 0 Å². The van der Waals surface area contributed by atoms with Crippen LogP contribution in [-0.2, 0) is 26.2 Å². The maximum Gasteiger partial charge on any atom is 0.235 e. The van der Waals surface area contributed by atoms with Gasteiger partial charge in [0.15, 0.2) is 0 Å². The number of hydrogen-bond acceptors (Lipinski definition) is 4. The largest absolute Gasteiger partial charge is 0.381 e. The Morgan fingerprint density at radius 3 is 2.74 bits per heavy atom. The molecule has 1 atom stereocenters. The molecule has 4 rings (SSSR count). The Hall–Kier alpha value is -2.18. The van der Waals surface area contributed by atoms with Gasteiger partial charge in [0.25, 0.3) is 0 Å². The van der Waals surface area contributed by atoms with E-state index in [-0.39, 0.29) is 12.0 Å². The topological polar surface area (TPSA) is 65.4 Å². The van der Waals surface area contributed by atoms with Crippen LogP contribution in [0.2, 0.25) is 0 Å². The molecule has 2 saturated heterocycles. The third-order valence-electron chi connectivity index (χ3n) is 5.66. The van der Waals surface area contributed by atoms with Crippen molar-refractivity contribution in [3.63, 3.8) is 0 Å². The summed E-state index contributed by atoms with van der Waals surface area (Å²) in [4.78, 5) is 13.3. The van der Waals surface area contributed by atoms with Crippen molar-refractivity contribution >= 4 is 11.6 Å². The van der Waals surface area contributed by atoms with Crippen LogP contribution in [0.15, 0.2) is 42.7 Å². The number of nitrogens with one attached hydrogen (secondary N) is 1. The summed E-state index contributed by atoms with van der Waals surface area (Å²) in [5.74, 6) is 0.0190. The van der Waals surface area contributed by atoms with Gasteiger partial charge in [-0.1, -0.05) is 30.3 Å². The van der Waals surface area contributed by atoms with E-state index in [1.54, 1.807) is 6.20 Å². The van der Waals surface area contributed by atoms with E-state index in [1.807, 2.05) is 41.2 Å². The number of carbonyl (C=O) groups excluding carboxylic acids is 1. The first-order valence-electron chi connectivity index (χ1n) is 9.85. The van der Waals surface area contributed by atoms with E-state index in [2.05, 4.69) is 10.4 Å². The quantitative estimate of drug-likeness (QED) is 0.879. The molecule has 6 heteroatoms. The molecule has 1 N–H and O–H groups in total. The second-order valence-corrected chi connectivity index (χ2v) is 7.45. The lowest BCUT2D eigenvalue weighted by Gasteiger charge is -2.36. The zero-order valence-corrected chi connectivity index (χ0v) is 15.6. The number of benzene rings is 1. The average Bonchev–Trinajstić information content (AvgIpc) is 3.16. The van der Waals surface area contributed by atoms with E-state index in [1.165, 1.54) is 6.42 Å². The Labute approximate surface area is 159 Å². The van der Waals surface area contributed by atoms with Crippen molar-refractivity contribution in [2.75, 3.05) is 25.1 Å². The summed E-state index contributed by atoms with van der Waals surface area (Å²) >= 11 is 0. The molecule has 0 aliphatic carbocycles. The van der Waals surface area contributed by atoms with Gasteiger partial charge in [0.05, 0.1) is 29.9 Å². The van der Waals surface area contributed by atoms with E-state index in [0.717, 1.165) is 37.2 Å². The lowest BCUT2D eigenvalue weighted by atomic mass is 9.73. The van der Waals surface area contributed by atoms with Crippen LogP contribution in [0.3, 0.4) is 0 Å². The van der Waals surface area contributed by atoms with Crippen molar-refractivity contribution in [2.45, 2.75) is 50.2 Å². The van der Waals surface area contributed by atoms with Gasteiger partial charge in [-0.05, 0) is 37.7 Å². The third-order valence-corrected chi connectivity index (χ3v) is 5.66. The SMILES string of the molecule is O=C(Nc1cnn(CC2CCCCO2)c1)C1(c2ccccc2)CCOCC1. The van der Waals surface area contributed by atoms with Crippen molar-refractivity contribution < 1.29 is 14.3 Å². The molecule has 3 heterocycles. The predicted molar refractivity (Wildman–Crippen MR) is 103 cm³/mol. The van der Waals surface area contributed by atoms with Gasteiger partial charge in [0.1, 0.15) is 0 Å². The van der Waals surface area contributed by atoms with Gasteiger partial charge < -0.3 is 14.8 Å². The number of nitrogens with zero attached hydrogens (tertiary/aromatic N) is 2. The lowest BCUT2D eigenvalue weighted by Crippen LogP contribution is -2.44. The normalized spacial score (nSPS) is 22.3. The van der Waals surface area contributed by atoms with E-state index in [0.29, 0.717) is 26.1 Å². The first-order valence-corrected chi connectivity index (χ1v) is 9.85. The molecule has 1 aromatic carbocycles. The maximum atomic E-state index is 13.3. The van der Waals surface area contributed by atoms with Gasteiger partial charge in [0, 0.05) is 26.0 Å². The summed E-state index contributed by atoms with van der Waals surface area (Å²) in [6, 6.07) is 10.0. The van der Waals surface area contributed by atoms with Crippen LogP contribution in [0.4, 0.5) is 5.69 Å². The number of anilines is 1. The molecule has 1 aromatic heterocycles. The Kier molecular flexibility index (Phi) is 5.55. The van der Waals surface area contributed by atoms with Crippen LogP contribution in [0.1, 0.15) is 37.7 Å². The van der Waals surface area contributed by atoms with Crippen molar-refractivity contribution in [1.82, 2.24) is 9.78 Å². The van der Waals surface area contributed by atoms with E-state index in [4.69, 9.17) is 9.47 Å². The second-order valence-electron chi connectivity index (χ2n) is 7.45. The number of hydrogen-bond donors (Lipinski definition) is 1. The molecule has 2 aliphatic heterocycles. The van der Waals surface area contributed by atoms with Crippen molar-refractivity contribution in [3.05, 3.63) is 48.3 Å². The highest BCUT2D eigenvalue weighted by Crippen LogP contribution is 2.36. The highest BCUT2D eigenvalue weighted by atomic mass is 16.5. The Balaban J connectivity index is 1.47. The summed E-state index contributed by atoms with van der Waals surface area (Å²) in [6.45, 7) is 2.76. The smallest absolute Gasteiger partial charge is 0.235 e. The fourth-order valence-electron chi connectivity index (χ4n) is 4.06. The minimum absolute atomic E-state index is 0.0190. The summed E-state index contributed by atoms with van der Waals surface area (Å²) in [5, 5.41) is 7.49. The lowest BCUT2D eigenvalue weighted by molar-refractivity contribution is -0.125. The molecule has 0 saturated carbocycles. The molecule has 0 radical (unpaired) electrons. The first-order chi connectivity index (χ1) is 13.3. The molecule has 144 valence electrons. The highest BCUT2D eigenvalue weighted by molar-refractivity contribution is 5.99. The van der Waals surface area contributed by atoms with Crippen LogP contribution in [-0.4, -0.2) is 41.6 Å². The number of aromatic nitrogens is 2. The van der Waals surface area contributed by atoms with Crippen LogP contribution >= 0.6 is 0 Å². The standard InChI is InChI=1S/C21H27N3O3/c25-20(21(9-12-26-13-10-21)17-6-2-1-3-7-17)23-18-14-22-24(15-18)16-19-8-4-5-11-27-19/h1-3,6-7,14-15,19H,4-5,8-13,16H2,(H,23,25). The van der Waals surface area contributed by atoms with Gasteiger partial charge in [-0.3, -0.25) is 9.48 Å². The molecule has 6 nitrogen and oxygen atoms in total. The number of ether oxygens (including phenoxy) is 2. The average molecular weight is 369 g/mol. The maximum absolute atomic E-state index is 13.3. The molecule has 27 heavy (non-hydrogen) atoms. The van der Waals surface area contributed by atoms with Crippen LogP contribution in [0.25, 0.3) is 0 Å². The van der Waals surface area contributed by atoms with E-state index < -0.39 is 5.41 Å². The summed E-state index contributed by atoms with van der Waals surface area (Å²) < 4.78 is 13.2. The Morgan fingerprint density at radius 1 is 1.19 bits per heavy atom. The summed E-state index contributed by atoms with van der Waals surface area (Å²) in [7, 11) is 0. The zero-order valence-electron chi connectivity index (χ0n) is 15.6. The van der Waals surface area contributed by atoms with Crippen LogP contribution in [0, 0.1) is 0 Å². The van der Waals surface area contributed by atoms with Crippen molar-refractivity contribution in [1.29, 1.82) is 0 Å². The molecule has 2 aromatic rings. The first kappa shape index (κ1) is 18.2. The fraction of sp³-hybridized carbons (Fsp3) is 0.524. The molecule has 2 aliphatic rings. The van der Waals surface area contributed by atoms with Gasteiger partial charge >= 0.3 is 0 Å². The van der Waals surface area contributed by atoms with E-state index in [9.17, 15) is 4.79 Å². The highest BCUT2D eigenvalue weighted by Gasteiger charge is 2.41. The molecular formula is C21H27N3O3. The fourth-order valence-corrected chi connectivity index (χ4v) is 4.06. The number of rotatable bonds is 5. The number of amides is 1. The molecule has 0 spiro atoms. The summed E-state index contributed by atoms with van der Waals surface area (Å²) in [5.41, 5.74) is 1.24. The van der Waals surface area contributed by atoms with Gasteiger partial charge in [-0.2, -0.15) is 5.10 Å². The molecule has 1 unspecified atom stereocenters. The number of carbonyl (C=O) groups is 1. The Morgan fingerprint density at radius 2 is 2.00 bits per heavy atom. The van der Waals surface area contributed by atoms with Crippen LogP contribution in [0.5, 0.6) is 0 Å².